The predicted octanol–water partition coefficient (Wildman–Crippen LogP) is 0.370. The maximum Gasteiger partial charge on any atom is 0.485 e. The number of hydrogen-bond acceptors (Lipinski definition) is 4. The van der Waals surface area contributed by atoms with Crippen molar-refractivity contribution in [3.8, 4) is 6.07 Å². The van der Waals surface area contributed by atoms with Crippen LogP contribution in [0.3, 0.4) is 0 Å². The zero-order valence-electron chi connectivity index (χ0n) is 12.4. The van der Waals surface area contributed by atoms with Crippen LogP contribution in [0.15, 0.2) is 51.6 Å². The SMILES string of the molecule is CC1C=CCC([I+]c2ccccc2)=C1C#N.O=S(=O)([O-])C(F)(F)F. The van der Waals surface area contributed by atoms with Crippen LogP contribution in [-0.4, -0.2) is 18.5 Å². The molecule has 24 heavy (non-hydrogen) atoms. The topological polar surface area (TPSA) is 81.0 Å². The van der Waals surface area contributed by atoms with Gasteiger partial charge in [-0.1, -0.05) is 37.3 Å². The molecule has 0 N–H and O–H groups in total. The summed E-state index contributed by atoms with van der Waals surface area (Å²) in [6.07, 6.45) is 5.30. The summed E-state index contributed by atoms with van der Waals surface area (Å²) >= 11 is -0.162. The van der Waals surface area contributed by atoms with Crippen LogP contribution < -0.4 is 21.2 Å². The van der Waals surface area contributed by atoms with Crippen molar-refractivity contribution >= 4 is 10.1 Å². The summed E-state index contributed by atoms with van der Waals surface area (Å²) < 4.78 is 61.7. The Balaban J connectivity index is 0.000000307. The lowest BCUT2D eigenvalue weighted by Gasteiger charge is -2.08. The summed E-state index contributed by atoms with van der Waals surface area (Å²) in [5, 5.41) is 9.19. The molecule has 0 bridgehead atoms. The van der Waals surface area contributed by atoms with Gasteiger partial charge >= 0.3 is 26.7 Å². The summed E-state index contributed by atoms with van der Waals surface area (Å²) in [5.41, 5.74) is -4.65. The summed E-state index contributed by atoms with van der Waals surface area (Å²) in [6, 6.07) is 12.9. The number of alkyl halides is 3. The molecular formula is C15H13F3INO3S. The van der Waals surface area contributed by atoms with Crippen molar-refractivity contribution in [2.75, 3.05) is 0 Å². The Hall–Kier alpha value is -1.38. The second-order valence-corrected chi connectivity index (χ2v) is 9.10. The highest BCUT2D eigenvalue weighted by Crippen LogP contribution is 2.20. The Morgan fingerprint density at radius 1 is 1.29 bits per heavy atom. The maximum absolute atomic E-state index is 10.7. The van der Waals surface area contributed by atoms with E-state index in [2.05, 4.69) is 49.4 Å². The molecule has 1 aliphatic carbocycles. The van der Waals surface area contributed by atoms with Crippen LogP contribution in [0.4, 0.5) is 13.2 Å². The quantitative estimate of drug-likeness (QED) is 0.270. The van der Waals surface area contributed by atoms with Crippen molar-refractivity contribution in [3.63, 3.8) is 0 Å². The van der Waals surface area contributed by atoms with Gasteiger partial charge < -0.3 is 4.55 Å². The number of rotatable bonds is 2. The largest absolute Gasteiger partial charge is 0.741 e. The summed E-state index contributed by atoms with van der Waals surface area (Å²) in [4.78, 5) is 0. The Morgan fingerprint density at radius 2 is 1.83 bits per heavy atom. The smallest absolute Gasteiger partial charge is 0.485 e. The number of nitriles is 1. The van der Waals surface area contributed by atoms with Gasteiger partial charge in [0.1, 0.15) is 0 Å². The number of nitrogens with zero attached hydrogens (tertiary/aromatic N) is 1. The van der Waals surface area contributed by atoms with Crippen LogP contribution in [0.1, 0.15) is 13.3 Å². The molecule has 1 aromatic carbocycles. The molecule has 4 nitrogen and oxygen atoms in total. The van der Waals surface area contributed by atoms with E-state index in [-0.39, 0.29) is 21.2 Å². The van der Waals surface area contributed by atoms with Gasteiger partial charge in [0.25, 0.3) is 0 Å². The number of allylic oxidation sites excluding steroid dienone is 4. The molecule has 0 amide bonds. The van der Waals surface area contributed by atoms with Crippen LogP contribution in [0.2, 0.25) is 0 Å². The van der Waals surface area contributed by atoms with E-state index >= 15 is 0 Å². The Kier molecular flexibility index (Phi) is 7.44. The predicted molar refractivity (Wildman–Crippen MR) is 76.5 cm³/mol. The van der Waals surface area contributed by atoms with Gasteiger partial charge in [-0.3, -0.25) is 0 Å². The van der Waals surface area contributed by atoms with Crippen LogP contribution in [0, 0.1) is 20.8 Å². The number of hydrogen-bond donors (Lipinski definition) is 0. The third-order valence-electron chi connectivity index (χ3n) is 2.83. The number of halogens is 4. The molecule has 0 spiro atoms. The fourth-order valence-corrected chi connectivity index (χ4v) is 4.59. The molecular weight excluding hydrogens is 458 g/mol. The lowest BCUT2D eigenvalue weighted by Crippen LogP contribution is -3.61. The van der Waals surface area contributed by atoms with Crippen LogP contribution in [0.25, 0.3) is 0 Å². The van der Waals surface area contributed by atoms with Crippen molar-refractivity contribution in [2.24, 2.45) is 5.92 Å². The van der Waals surface area contributed by atoms with Gasteiger partial charge in [0.2, 0.25) is 0 Å². The van der Waals surface area contributed by atoms with Gasteiger partial charge in [-0.2, -0.15) is 18.4 Å². The highest BCUT2D eigenvalue weighted by molar-refractivity contribution is 7.86. The van der Waals surface area contributed by atoms with E-state index in [9.17, 15) is 18.4 Å². The zero-order valence-corrected chi connectivity index (χ0v) is 15.4. The maximum atomic E-state index is 10.7. The molecule has 130 valence electrons. The monoisotopic (exact) mass is 471 g/mol. The molecule has 9 heteroatoms. The third-order valence-corrected chi connectivity index (χ3v) is 6.41. The third kappa shape index (κ3) is 6.26. The normalized spacial score (nSPS) is 17.8. The minimum Gasteiger partial charge on any atom is -0.741 e. The zero-order chi connectivity index (χ0) is 18.4. The van der Waals surface area contributed by atoms with Gasteiger partial charge in [0.05, 0.1) is 11.6 Å². The molecule has 0 aromatic heterocycles. The van der Waals surface area contributed by atoms with Gasteiger partial charge in [0, 0.05) is 12.3 Å². The van der Waals surface area contributed by atoms with Gasteiger partial charge in [-0.25, -0.2) is 8.42 Å². The van der Waals surface area contributed by atoms with E-state index < -0.39 is 15.6 Å². The molecule has 2 rings (SSSR count). The minimum atomic E-state index is -6.09. The molecule has 0 heterocycles. The first-order valence-corrected chi connectivity index (χ1v) is 10.1. The van der Waals surface area contributed by atoms with E-state index in [1.165, 1.54) is 7.15 Å². The first kappa shape index (κ1) is 20.7. The lowest BCUT2D eigenvalue weighted by molar-refractivity contribution is -0.579. The summed E-state index contributed by atoms with van der Waals surface area (Å²) in [7, 11) is -6.09. The second-order valence-electron chi connectivity index (χ2n) is 4.64. The standard InChI is InChI=1S/C14H13IN.CHF3O3S/c1-11-6-5-9-14(13(11)10-16)15-12-7-3-2-4-8-12;2-1(3,4)8(5,6)7/h2-8,11H,9H2,1H3;(H,5,6,7)/q+1;/p-1. The first-order chi connectivity index (χ1) is 11.1. The summed E-state index contributed by atoms with van der Waals surface area (Å²) in [5.74, 6) is 0.303. The average molecular weight is 471 g/mol. The molecule has 0 saturated heterocycles. The Labute approximate surface area is 148 Å². The van der Waals surface area contributed by atoms with E-state index in [4.69, 9.17) is 13.0 Å². The van der Waals surface area contributed by atoms with E-state index in [1.807, 2.05) is 6.07 Å². The van der Waals surface area contributed by atoms with Crippen LogP contribution in [-0.2, 0) is 10.1 Å². The number of benzene rings is 1. The molecule has 1 atom stereocenters. The lowest BCUT2D eigenvalue weighted by atomic mass is 9.96. The van der Waals surface area contributed by atoms with Gasteiger partial charge in [-0.05, 0) is 12.1 Å². The van der Waals surface area contributed by atoms with Crippen LogP contribution >= 0.6 is 0 Å². The minimum absolute atomic E-state index is 0.162. The first-order valence-electron chi connectivity index (χ1n) is 6.58. The van der Waals surface area contributed by atoms with Crippen molar-refractivity contribution < 1.29 is 47.3 Å². The highest BCUT2D eigenvalue weighted by Gasteiger charge is 2.36. The van der Waals surface area contributed by atoms with E-state index in [0.29, 0.717) is 5.92 Å². The molecule has 1 aliphatic rings. The molecule has 1 unspecified atom stereocenters. The highest BCUT2D eigenvalue weighted by atomic mass is 127. The van der Waals surface area contributed by atoms with E-state index in [0.717, 1.165) is 12.0 Å². The average Bonchev–Trinajstić information content (AvgIpc) is 2.47. The van der Waals surface area contributed by atoms with Gasteiger partial charge in [-0.15, -0.1) is 0 Å². The van der Waals surface area contributed by atoms with E-state index in [1.54, 1.807) is 0 Å². The van der Waals surface area contributed by atoms with Crippen molar-refractivity contribution in [3.05, 3.63) is 55.2 Å². The molecule has 0 aliphatic heterocycles. The Bertz CT molecular complexity index is 765. The van der Waals surface area contributed by atoms with Crippen LogP contribution in [0.5, 0.6) is 0 Å². The molecule has 0 saturated carbocycles. The molecule has 0 radical (unpaired) electrons. The second kappa shape index (κ2) is 8.64. The fourth-order valence-electron chi connectivity index (χ4n) is 1.69. The summed E-state index contributed by atoms with van der Waals surface area (Å²) in [6.45, 7) is 2.10. The van der Waals surface area contributed by atoms with Crippen molar-refractivity contribution in [2.45, 2.75) is 18.9 Å². The van der Waals surface area contributed by atoms with Crippen molar-refractivity contribution in [1.82, 2.24) is 0 Å². The van der Waals surface area contributed by atoms with Gasteiger partial charge in [0.15, 0.2) is 17.3 Å². The fraction of sp³-hybridized carbons (Fsp3) is 0.267. The molecule has 0 fully saturated rings. The Morgan fingerprint density at radius 3 is 2.29 bits per heavy atom. The van der Waals surface area contributed by atoms with Crippen molar-refractivity contribution in [1.29, 1.82) is 5.26 Å². The molecule has 1 aromatic rings.